The van der Waals surface area contributed by atoms with E-state index in [-0.39, 0.29) is 5.91 Å². The van der Waals surface area contributed by atoms with E-state index in [0.29, 0.717) is 23.9 Å². The Balaban J connectivity index is 2.08. The third kappa shape index (κ3) is 5.03. The van der Waals surface area contributed by atoms with Crippen LogP contribution >= 0.6 is 0 Å². The average molecular weight is 314 g/mol. The van der Waals surface area contributed by atoms with Crippen LogP contribution in [0, 0.1) is 13.8 Å². The van der Waals surface area contributed by atoms with Gasteiger partial charge in [0.05, 0.1) is 0 Å². The summed E-state index contributed by atoms with van der Waals surface area (Å²) in [7, 11) is 1.67. The first-order valence-electron chi connectivity index (χ1n) is 7.55. The summed E-state index contributed by atoms with van der Waals surface area (Å²) in [6.07, 6.45) is 0.865. The molecule has 0 radical (unpaired) electrons. The quantitative estimate of drug-likeness (QED) is 0.769. The van der Waals surface area contributed by atoms with Gasteiger partial charge in [-0.2, -0.15) is 0 Å². The zero-order valence-electron chi connectivity index (χ0n) is 13.7. The van der Waals surface area contributed by atoms with Crippen LogP contribution in [0.4, 0.5) is 11.5 Å². The second-order valence-electron chi connectivity index (χ2n) is 5.23. The molecule has 0 saturated heterocycles. The van der Waals surface area contributed by atoms with E-state index in [4.69, 9.17) is 4.74 Å². The molecule has 0 bridgehead atoms. The average Bonchev–Trinajstić information content (AvgIpc) is 2.53. The molecule has 1 aromatic carbocycles. The number of methoxy groups -OCH3 is 1. The van der Waals surface area contributed by atoms with E-state index in [1.165, 1.54) is 0 Å². The Morgan fingerprint density at radius 3 is 2.74 bits per heavy atom. The molecule has 0 aliphatic rings. The first-order chi connectivity index (χ1) is 11.1. The molecule has 2 N–H and O–H groups in total. The number of carbonyl (C=O) groups is 1. The van der Waals surface area contributed by atoms with Crippen molar-refractivity contribution in [1.29, 1.82) is 0 Å². The topological polar surface area (TPSA) is 76.1 Å². The Morgan fingerprint density at radius 2 is 2.00 bits per heavy atom. The van der Waals surface area contributed by atoms with Crippen LogP contribution in [-0.4, -0.2) is 36.1 Å². The Labute approximate surface area is 136 Å². The number of aryl methyl sites for hydroxylation is 2. The predicted octanol–water partition coefficient (Wildman–Crippen LogP) is 2.79. The van der Waals surface area contributed by atoms with Crippen molar-refractivity contribution in [3.63, 3.8) is 0 Å². The van der Waals surface area contributed by atoms with E-state index in [0.717, 1.165) is 24.2 Å². The van der Waals surface area contributed by atoms with Crippen molar-refractivity contribution in [2.24, 2.45) is 0 Å². The lowest BCUT2D eigenvalue weighted by atomic mass is 10.2. The highest BCUT2D eigenvalue weighted by atomic mass is 16.5. The minimum absolute atomic E-state index is 0.246. The second-order valence-corrected chi connectivity index (χ2v) is 5.23. The predicted molar refractivity (Wildman–Crippen MR) is 90.9 cm³/mol. The first-order valence-corrected chi connectivity index (χ1v) is 7.55. The molecule has 23 heavy (non-hydrogen) atoms. The van der Waals surface area contributed by atoms with Gasteiger partial charge in [-0.15, -0.1) is 0 Å². The van der Waals surface area contributed by atoms with Gasteiger partial charge in [-0.3, -0.25) is 4.79 Å². The van der Waals surface area contributed by atoms with E-state index >= 15 is 0 Å². The van der Waals surface area contributed by atoms with Crippen LogP contribution in [0.3, 0.4) is 0 Å². The Hall–Kier alpha value is -2.47. The Bertz CT molecular complexity index is 673. The lowest BCUT2D eigenvalue weighted by molar-refractivity contribution is 0.102. The van der Waals surface area contributed by atoms with Gasteiger partial charge >= 0.3 is 0 Å². The van der Waals surface area contributed by atoms with E-state index in [1.54, 1.807) is 20.1 Å². The van der Waals surface area contributed by atoms with E-state index in [2.05, 4.69) is 20.6 Å². The van der Waals surface area contributed by atoms with Crippen molar-refractivity contribution < 1.29 is 9.53 Å². The second kappa shape index (κ2) is 8.24. The van der Waals surface area contributed by atoms with Gasteiger partial charge in [0.2, 0.25) is 0 Å². The monoisotopic (exact) mass is 314 g/mol. The molecule has 0 aliphatic carbocycles. The third-order valence-electron chi connectivity index (χ3n) is 3.30. The van der Waals surface area contributed by atoms with Crippen LogP contribution in [0.2, 0.25) is 0 Å². The van der Waals surface area contributed by atoms with Crippen molar-refractivity contribution in [3.8, 4) is 0 Å². The van der Waals surface area contributed by atoms with Crippen molar-refractivity contribution in [2.75, 3.05) is 30.9 Å². The van der Waals surface area contributed by atoms with Crippen LogP contribution in [0.15, 0.2) is 30.3 Å². The van der Waals surface area contributed by atoms with Gasteiger partial charge in [0.1, 0.15) is 17.3 Å². The number of aromatic nitrogens is 2. The summed E-state index contributed by atoms with van der Waals surface area (Å²) in [5, 5.41) is 6.06. The van der Waals surface area contributed by atoms with Gasteiger partial charge < -0.3 is 15.4 Å². The maximum atomic E-state index is 12.4. The van der Waals surface area contributed by atoms with Gasteiger partial charge in [0.25, 0.3) is 5.91 Å². The van der Waals surface area contributed by atoms with Gasteiger partial charge in [-0.1, -0.05) is 18.2 Å². The Kier molecular flexibility index (Phi) is 6.05. The normalized spacial score (nSPS) is 10.4. The lowest BCUT2D eigenvalue weighted by Crippen LogP contribution is -2.16. The smallest absolute Gasteiger partial charge is 0.274 e. The summed E-state index contributed by atoms with van der Waals surface area (Å²) >= 11 is 0. The van der Waals surface area contributed by atoms with Crippen LogP contribution < -0.4 is 10.6 Å². The molecule has 0 saturated carbocycles. The molecule has 0 fully saturated rings. The molecule has 0 unspecified atom stereocenters. The molecule has 2 aromatic rings. The number of carbonyl (C=O) groups excluding carboxylic acids is 1. The molecule has 6 heteroatoms. The van der Waals surface area contributed by atoms with Crippen LogP contribution in [-0.2, 0) is 4.74 Å². The summed E-state index contributed by atoms with van der Waals surface area (Å²) in [5.41, 5.74) is 2.13. The number of nitrogens with zero attached hydrogens (tertiary/aromatic N) is 2. The molecule has 122 valence electrons. The minimum Gasteiger partial charge on any atom is -0.385 e. The SMILES string of the molecule is COCCCNc1cc(C(=O)Nc2ccccc2C)nc(C)n1. The number of hydrogen-bond acceptors (Lipinski definition) is 5. The summed E-state index contributed by atoms with van der Waals surface area (Å²) in [5.74, 6) is 0.949. The molecular formula is C17H22N4O2. The molecule has 1 aromatic heterocycles. The van der Waals surface area contributed by atoms with Gasteiger partial charge in [0, 0.05) is 32.0 Å². The molecule has 0 aliphatic heterocycles. The zero-order valence-corrected chi connectivity index (χ0v) is 13.7. The van der Waals surface area contributed by atoms with Crippen molar-refractivity contribution >= 4 is 17.4 Å². The largest absolute Gasteiger partial charge is 0.385 e. The number of amides is 1. The van der Waals surface area contributed by atoms with Crippen molar-refractivity contribution in [1.82, 2.24) is 9.97 Å². The Morgan fingerprint density at radius 1 is 1.22 bits per heavy atom. The number of nitrogens with one attached hydrogen (secondary N) is 2. The van der Waals surface area contributed by atoms with Crippen LogP contribution in [0.5, 0.6) is 0 Å². The van der Waals surface area contributed by atoms with Crippen LogP contribution in [0.25, 0.3) is 0 Å². The van der Waals surface area contributed by atoms with Gasteiger partial charge in [0.15, 0.2) is 0 Å². The fraction of sp³-hybridized carbons (Fsp3) is 0.353. The number of para-hydroxylation sites is 1. The number of hydrogen-bond donors (Lipinski definition) is 2. The third-order valence-corrected chi connectivity index (χ3v) is 3.30. The molecule has 1 heterocycles. The summed E-state index contributed by atoms with van der Waals surface area (Å²) in [4.78, 5) is 20.9. The number of anilines is 2. The molecule has 1 amide bonds. The van der Waals surface area contributed by atoms with Crippen molar-refractivity contribution in [2.45, 2.75) is 20.3 Å². The van der Waals surface area contributed by atoms with E-state index < -0.39 is 0 Å². The standard InChI is InChI=1S/C17H22N4O2/c1-12-7-4-5-8-14(12)21-17(22)15-11-16(20-13(2)19-15)18-9-6-10-23-3/h4-5,7-8,11H,6,9-10H2,1-3H3,(H,21,22)(H,18,19,20). The highest BCUT2D eigenvalue weighted by Crippen LogP contribution is 2.15. The fourth-order valence-electron chi connectivity index (χ4n) is 2.11. The van der Waals surface area contributed by atoms with Crippen LogP contribution in [0.1, 0.15) is 28.3 Å². The molecule has 6 nitrogen and oxygen atoms in total. The molecule has 0 atom stereocenters. The molecule has 0 spiro atoms. The number of benzene rings is 1. The van der Waals surface area contributed by atoms with Gasteiger partial charge in [-0.05, 0) is 31.9 Å². The fourth-order valence-corrected chi connectivity index (χ4v) is 2.11. The molecular weight excluding hydrogens is 292 g/mol. The summed E-state index contributed by atoms with van der Waals surface area (Å²) in [6.45, 7) is 5.12. The number of rotatable bonds is 7. The van der Waals surface area contributed by atoms with E-state index in [9.17, 15) is 4.79 Å². The lowest BCUT2D eigenvalue weighted by Gasteiger charge is -2.10. The van der Waals surface area contributed by atoms with Crippen molar-refractivity contribution in [3.05, 3.63) is 47.4 Å². The van der Waals surface area contributed by atoms with E-state index in [1.807, 2.05) is 31.2 Å². The highest BCUT2D eigenvalue weighted by molar-refractivity contribution is 6.03. The maximum Gasteiger partial charge on any atom is 0.274 e. The number of ether oxygens (including phenoxy) is 1. The highest BCUT2D eigenvalue weighted by Gasteiger charge is 2.11. The minimum atomic E-state index is -0.246. The van der Waals surface area contributed by atoms with Gasteiger partial charge in [-0.25, -0.2) is 9.97 Å². The first kappa shape index (κ1) is 16.9. The summed E-state index contributed by atoms with van der Waals surface area (Å²) in [6, 6.07) is 9.29. The summed E-state index contributed by atoms with van der Waals surface area (Å²) < 4.78 is 5.01. The zero-order chi connectivity index (χ0) is 16.7. The molecule has 2 rings (SSSR count). The maximum absolute atomic E-state index is 12.4.